The van der Waals surface area contributed by atoms with E-state index >= 15 is 0 Å². The van der Waals surface area contributed by atoms with E-state index in [-0.39, 0.29) is 16.9 Å². The maximum Gasteiger partial charge on any atom is 0.253 e. The Morgan fingerprint density at radius 3 is 2.38 bits per heavy atom. The van der Waals surface area contributed by atoms with Crippen LogP contribution in [-0.4, -0.2) is 36.5 Å². The smallest absolute Gasteiger partial charge is 0.253 e. The maximum absolute atomic E-state index is 12.8. The molecule has 8 heteroatoms. The molecule has 2 heterocycles. The Kier molecular flexibility index (Phi) is 5.75. The first-order valence-electron chi connectivity index (χ1n) is 9.38. The molecule has 152 valence electrons. The first-order chi connectivity index (χ1) is 13.5. The molecule has 0 aliphatic carbocycles. The van der Waals surface area contributed by atoms with Crippen LogP contribution in [0.15, 0.2) is 35.5 Å². The summed E-state index contributed by atoms with van der Waals surface area (Å²) < 4.78 is 1.68. The number of amides is 1. The number of benzene rings is 1. The predicted molar refractivity (Wildman–Crippen MR) is 114 cm³/mol. The number of carbonyl (C=O) groups excluding carboxylic acids is 2. The van der Waals surface area contributed by atoms with E-state index in [0.29, 0.717) is 22.2 Å². The van der Waals surface area contributed by atoms with E-state index in [1.54, 1.807) is 28.8 Å². The topological polar surface area (TPSA) is 89.3 Å². The molecule has 1 N–H and O–H groups in total. The van der Waals surface area contributed by atoms with Crippen LogP contribution in [0.1, 0.15) is 49.4 Å². The highest BCUT2D eigenvalue weighted by Gasteiger charge is 2.22. The first-order valence-corrected chi connectivity index (χ1v) is 10.3. The summed E-state index contributed by atoms with van der Waals surface area (Å²) in [6.07, 6.45) is 0. The second kappa shape index (κ2) is 7.94. The molecule has 1 amide bonds. The van der Waals surface area contributed by atoms with Crippen molar-refractivity contribution in [3.8, 4) is 0 Å². The van der Waals surface area contributed by atoms with Gasteiger partial charge in [0, 0.05) is 28.1 Å². The number of hydrogen-bond acceptors (Lipinski definition) is 6. The molecular weight excluding hydrogens is 386 g/mol. The van der Waals surface area contributed by atoms with Crippen molar-refractivity contribution >= 4 is 34.9 Å². The Bertz CT molecular complexity index is 1070. The molecule has 0 unspecified atom stereocenters. The number of nitrogens with zero attached hydrogens (tertiary/aromatic N) is 4. The van der Waals surface area contributed by atoms with Gasteiger partial charge in [-0.05, 0) is 51.1 Å². The van der Waals surface area contributed by atoms with Crippen LogP contribution in [0.5, 0.6) is 0 Å². The van der Waals surface area contributed by atoms with Crippen LogP contribution in [0.25, 0.3) is 5.78 Å². The molecule has 7 nitrogen and oxygen atoms in total. The number of hydrogen-bond donors (Lipinski definition) is 1. The number of rotatable bonds is 5. The Hall–Kier alpha value is -2.74. The fraction of sp³-hybridized carbons (Fsp3) is 0.381. The highest BCUT2D eigenvalue weighted by Crippen LogP contribution is 2.24. The highest BCUT2D eigenvalue weighted by atomic mass is 32.2. The van der Waals surface area contributed by atoms with Crippen LogP contribution < -0.4 is 5.32 Å². The minimum absolute atomic E-state index is 0.0246. The van der Waals surface area contributed by atoms with Gasteiger partial charge in [0.1, 0.15) is 0 Å². The first kappa shape index (κ1) is 21.0. The van der Waals surface area contributed by atoms with Crippen LogP contribution in [0.2, 0.25) is 0 Å². The van der Waals surface area contributed by atoms with Crippen molar-refractivity contribution in [1.82, 2.24) is 19.6 Å². The summed E-state index contributed by atoms with van der Waals surface area (Å²) in [6.45, 7) is 11.2. The number of aryl methyl sites for hydroxylation is 2. The summed E-state index contributed by atoms with van der Waals surface area (Å²) in [5, 5.41) is 7.46. The Morgan fingerprint density at radius 1 is 1.10 bits per heavy atom. The monoisotopic (exact) mass is 411 g/mol. The zero-order chi connectivity index (χ0) is 21.3. The molecule has 3 aromatic rings. The van der Waals surface area contributed by atoms with Crippen molar-refractivity contribution in [2.24, 2.45) is 5.41 Å². The summed E-state index contributed by atoms with van der Waals surface area (Å²) in [4.78, 5) is 33.7. The molecule has 0 bridgehead atoms. The van der Waals surface area contributed by atoms with Gasteiger partial charge >= 0.3 is 0 Å². The fourth-order valence-electron chi connectivity index (χ4n) is 2.68. The third-order valence-corrected chi connectivity index (χ3v) is 5.31. The molecule has 0 saturated carbocycles. The molecule has 1 aromatic carbocycles. The zero-order valence-electron chi connectivity index (χ0n) is 17.5. The Morgan fingerprint density at radius 2 is 1.76 bits per heavy atom. The molecule has 0 radical (unpaired) electrons. The summed E-state index contributed by atoms with van der Waals surface area (Å²) in [5.74, 6) is 0.435. The lowest BCUT2D eigenvalue weighted by atomic mass is 9.95. The van der Waals surface area contributed by atoms with Crippen molar-refractivity contribution in [3.63, 3.8) is 0 Å². The Balaban J connectivity index is 1.70. The number of anilines is 1. The molecule has 1 atom stereocenters. The van der Waals surface area contributed by atoms with E-state index in [1.807, 2.05) is 47.6 Å². The molecule has 0 aliphatic rings. The minimum Gasteiger partial charge on any atom is -0.326 e. The van der Waals surface area contributed by atoms with Crippen LogP contribution in [-0.2, 0) is 4.79 Å². The van der Waals surface area contributed by atoms with Gasteiger partial charge in [-0.3, -0.25) is 9.59 Å². The summed E-state index contributed by atoms with van der Waals surface area (Å²) in [7, 11) is 0. The molecule has 0 fully saturated rings. The molecule has 0 aliphatic heterocycles. The van der Waals surface area contributed by atoms with Crippen LogP contribution in [0, 0.1) is 19.3 Å². The van der Waals surface area contributed by atoms with Gasteiger partial charge in [-0.1, -0.05) is 32.5 Å². The van der Waals surface area contributed by atoms with Crippen LogP contribution in [0.4, 0.5) is 5.69 Å². The van der Waals surface area contributed by atoms with E-state index in [4.69, 9.17) is 0 Å². The number of nitrogens with one attached hydrogen (secondary N) is 1. The molecule has 0 spiro atoms. The van der Waals surface area contributed by atoms with Gasteiger partial charge in [0.25, 0.3) is 5.78 Å². The average Bonchev–Trinajstić information content (AvgIpc) is 3.03. The van der Waals surface area contributed by atoms with Gasteiger partial charge in [0.2, 0.25) is 11.1 Å². The van der Waals surface area contributed by atoms with Crippen molar-refractivity contribution in [2.45, 2.75) is 51.9 Å². The normalized spacial score (nSPS) is 12.8. The lowest BCUT2D eigenvalue weighted by Gasteiger charge is -2.17. The van der Waals surface area contributed by atoms with Crippen molar-refractivity contribution in [1.29, 1.82) is 0 Å². The van der Waals surface area contributed by atoms with Gasteiger partial charge in [0.15, 0.2) is 5.78 Å². The highest BCUT2D eigenvalue weighted by molar-refractivity contribution is 8.00. The number of ketones is 1. The number of Topliss-reactive ketones (excluding diaryl/α,β-unsaturated/α-hetero) is 1. The molecule has 3 rings (SSSR count). The quantitative estimate of drug-likeness (QED) is 0.502. The van der Waals surface area contributed by atoms with Crippen LogP contribution >= 0.6 is 11.8 Å². The van der Waals surface area contributed by atoms with E-state index in [2.05, 4.69) is 20.4 Å². The number of aromatic nitrogens is 4. The van der Waals surface area contributed by atoms with Crippen molar-refractivity contribution < 1.29 is 9.59 Å². The second-order valence-corrected chi connectivity index (χ2v) is 9.36. The SMILES string of the molecule is Cc1cc(C)n2nc(S[C@@H](C)C(=O)c3ccc(NC(=O)C(C)(C)C)cc3)nc2n1. The van der Waals surface area contributed by atoms with E-state index < -0.39 is 5.41 Å². The summed E-state index contributed by atoms with van der Waals surface area (Å²) >= 11 is 1.30. The van der Waals surface area contributed by atoms with Crippen molar-refractivity contribution in [3.05, 3.63) is 47.3 Å². The number of thioether (sulfide) groups is 1. The van der Waals surface area contributed by atoms with Gasteiger partial charge in [0.05, 0.1) is 5.25 Å². The van der Waals surface area contributed by atoms with Gasteiger partial charge < -0.3 is 5.32 Å². The molecule has 0 saturated heterocycles. The number of carbonyl (C=O) groups is 2. The van der Waals surface area contributed by atoms with Crippen LogP contribution in [0.3, 0.4) is 0 Å². The van der Waals surface area contributed by atoms with Gasteiger partial charge in [-0.15, -0.1) is 5.10 Å². The van der Waals surface area contributed by atoms with E-state index in [0.717, 1.165) is 11.4 Å². The van der Waals surface area contributed by atoms with E-state index in [1.165, 1.54) is 11.8 Å². The molecular formula is C21H25N5O2S. The zero-order valence-corrected chi connectivity index (χ0v) is 18.3. The maximum atomic E-state index is 12.8. The lowest BCUT2D eigenvalue weighted by molar-refractivity contribution is -0.123. The molecule has 29 heavy (non-hydrogen) atoms. The third-order valence-electron chi connectivity index (χ3n) is 4.36. The minimum atomic E-state index is -0.480. The number of fused-ring (bicyclic) bond motifs is 1. The largest absolute Gasteiger partial charge is 0.326 e. The second-order valence-electron chi connectivity index (χ2n) is 8.05. The summed E-state index contributed by atoms with van der Waals surface area (Å²) in [6, 6.07) is 8.87. The Labute approximate surface area is 174 Å². The third kappa shape index (κ3) is 4.82. The van der Waals surface area contributed by atoms with Gasteiger partial charge in [-0.25, -0.2) is 9.50 Å². The average molecular weight is 412 g/mol. The van der Waals surface area contributed by atoms with Gasteiger partial charge in [-0.2, -0.15) is 4.98 Å². The standard InChI is InChI=1S/C21H25N5O2S/c1-12-11-13(2)26-19(22-12)24-20(25-26)29-14(3)17(27)15-7-9-16(10-8-15)23-18(28)21(4,5)6/h7-11,14H,1-6H3,(H,23,28)/t14-/m0/s1. The lowest BCUT2D eigenvalue weighted by Crippen LogP contribution is -2.27. The summed E-state index contributed by atoms with van der Waals surface area (Å²) in [5.41, 5.74) is 2.58. The predicted octanol–water partition coefficient (Wildman–Crippen LogP) is 4.09. The van der Waals surface area contributed by atoms with E-state index in [9.17, 15) is 9.59 Å². The van der Waals surface area contributed by atoms with Crippen molar-refractivity contribution in [2.75, 3.05) is 5.32 Å². The fourth-order valence-corrected chi connectivity index (χ4v) is 3.50. The molecule has 2 aromatic heterocycles.